The number of fused-ring (bicyclic) bond motifs is 1. The maximum Gasteiger partial charge on any atom is 0.269 e. The number of carbonyl (C=O) groups is 2. The number of hydrogen-bond acceptors (Lipinski definition) is 5. The van der Waals surface area contributed by atoms with E-state index in [4.69, 9.17) is 4.74 Å². The minimum absolute atomic E-state index is 0.0623. The van der Waals surface area contributed by atoms with Crippen molar-refractivity contribution in [1.82, 2.24) is 9.62 Å². The minimum atomic E-state index is -3.95. The molecule has 1 heterocycles. The van der Waals surface area contributed by atoms with Crippen LogP contribution in [0.5, 0.6) is 0 Å². The first kappa shape index (κ1) is 15.5. The van der Waals surface area contributed by atoms with Gasteiger partial charge in [-0.05, 0) is 19.1 Å². The lowest BCUT2D eigenvalue weighted by Crippen LogP contribution is -2.44. The predicted molar refractivity (Wildman–Crippen MR) is 74.1 cm³/mol. The summed E-state index contributed by atoms with van der Waals surface area (Å²) >= 11 is 0. The number of hydrogen-bond donors (Lipinski definition) is 1. The minimum Gasteiger partial charge on any atom is -0.383 e. The molecule has 7 nitrogen and oxygen atoms in total. The molecule has 1 aliphatic rings. The molecule has 21 heavy (non-hydrogen) atoms. The quantitative estimate of drug-likeness (QED) is 0.825. The molecular weight excluding hydrogens is 296 g/mol. The monoisotopic (exact) mass is 312 g/mol. The second kappa shape index (κ2) is 5.82. The highest BCUT2D eigenvalue weighted by atomic mass is 32.2. The fraction of sp³-hybridized carbons (Fsp3) is 0.385. The largest absolute Gasteiger partial charge is 0.383 e. The van der Waals surface area contributed by atoms with E-state index in [-0.39, 0.29) is 16.5 Å². The maximum atomic E-state index is 12.2. The SMILES string of the molecule is COCC(C)NC(=O)CN1C(=O)c2ccccc2S1(=O)=O. The zero-order chi connectivity index (χ0) is 15.6. The van der Waals surface area contributed by atoms with E-state index in [1.807, 2.05) is 0 Å². The second-order valence-electron chi connectivity index (χ2n) is 4.74. The van der Waals surface area contributed by atoms with E-state index in [1.54, 1.807) is 13.0 Å². The molecule has 1 atom stereocenters. The Balaban J connectivity index is 2.16. The molecule has 0 saturated carbocycles. The van der Waals surface area contributed by atoms with Gasteiger partial charge in [0, 0.05) is 13.2 Å². The van der Waals surface area contributed by atoms with Crippen LogP contribution in [0.4, 0.5) is 0 Å². The van der Waals surface area contributed by atoms with Crippen LogP contribution in [0.2, 0.25) is 0 Å². The van der Waals surface area contributed by atoms with Gasteiger partial charge in [-0.2, -0.15) is 0 Å². The van der Waals surface area contributed by atoms with Crippen molar-refractivity contribution >= 4 is 21.8 Å². The molecule has 1 aromatic carbocycles. The van der Waals surface area contributed by atoms with Crippen molar-refractivity contribution in [3.8, 4) is 0 Å². The van der Waals surface area contributed by atoms with Gasteiger partial charge < -0.3 is 10.1 Å². The van der Waals surface area contributed by atoms with Crippen LogP contribution >= 0.6 is 0 Å². The molecule has 1 unspecified atom stereocenters. The number of nitrogens with zero attached hydrogens (tertiary/aromatic N) is 1. The third-order valence-corrected chi connectivity index (χ3v) is 4.81. The molecule has 2 rings (SSSR count). The standard InChI is InChI=1S/C13H16N2O5S/c1-9(8-20-2)14-12(16)7-15-13(17)10-5-3-4-6-11(10)21(15,18)19/h3-6,9H,7-8H2,1-2H3,(H,14,16). The van der Waals surface area contributed by atoms with Gasteiger partial charge in [-0.3, -0.25) is 9.59 Å². The van der Waals surface area contributed by atoms with Gasteiger partial charge >= 0.3 is 0 Å². The van der Waals surface area contributed by atoms with Crippen LogP contribution in [0.3, 0.4) is 0 Å². The van der Waals surface area contributed by atoms with Crippen LogP contribution in [0.1, 0.15) is 17.3 Å². The molecule has 0 aliphatic carbocycles. The van der Waals surface area contributed by atoms with Crippen molar-refractivity contribution in [2.75, 3.05) is 20.3 Å². The van der Waals surface area contributed by atoms with Gasteiger partial charge in [0.2, 0.25) is 5.91 Å². The Bertz CT molecular complexity index is 671. The second-order valence-corrected chi connectivity index (χ2v) is 6.57. The molecule has 2 amide bonds. The summed E-state index contributed by atoms with van der Waals surface area (Å²) in [7, 11) is -2.45. The third-order valence-electron chi connectivity index (χ3n) is 3.02. The van der Waals surface area contributed by atoms with Crippen LogP contribution in [0.25, 0.3) is 0 Å². The number of rotatable bonds is 5. The maximum absolute atomic E-state index is 12.2. The molecule has 0 aromatic heterocycles. The summed E-state index contributed by atoms with van der Waals surface area (Å²) < 4.78 is 29.9. The first-order valence-corrected chi connectivity index (χ1v) is 7.76. The van der Waals surface area contributed by atoms with Gasteiger partial charge in [-0.25, -0.2) is 12.7 Å². The molecule has 0 radical (unpaired) electrons. The van der Waals surface area contributed by atoms with Crippen LogP contribution in [0.15, 0.2) is 29.2 Å². The smallest absolute Gasteiger partial charge is 0.269 e. The molecular formula is C13H16N2O5S. The van der Waals surface area contributed by atoms with Gasteiger partial charge in [-0.15, -0.1) is 0 Å². The zero-order valence-electron chi connectivity index (χ0n) is 11.7. The Labute approximate surface area is 122 Å². The number of ether oxygens (including phenoxy) is 1. The summed E-state index contributed by atoms with van der Waals surface area (Å²) in [6.07, 6.45) is 0. The van der Waals surface area contributed by atoms with Crippen molar-refractivity contribution in [1.29, 1.82) is 0 Å². The highest BCUT2D eigenvalue weighted by molar-refractivity contribution is 7.90. The number of benzene rings is 1. The van der Waals surface area contributed by atoms with E-state index in [1.165, 1.54) is 25.3 Å². The predicted octanol–water partition coefficient (Wildman–Crippen LogP) is -0.0178. The normalized spacial score (nSPS) is 17.4. The Morgan fingerprint density at radius 2 is 2.05 bits per heavy atom. The van der Waals surface area contributed by atoms with Gasteiger partial charge in [0.15, 0.2) is 0 Å². The molecule has 114 valence electrons. The number of amides is 2. The van der Waals surface area contributed by atoms with Gasteiger partial charge in [0.05, 0.1) is 12.2 Å². The Morgan fingerprint density at radius 3 is 2.67 bits per heavy atom. The number of methoxy groups -OCH3 is 1. The molecule has 0 spiro atoms. The number of carbonyl (C=O) groups excluding carboxylic acids is 2. The van der Waals surface area contributed by atoms with Crippen LogP contribution < -0.4 is 5.32 Å². The average Bonchev–Trinajstić information content (AvgIpc) is 2.61. The fourth-order valence-electron chi connectivity index (χ4n) is 2.13. The third kappa shape index (κ3) is 2.91. The zero-order valence-corrected chi connectivity index (χ0v) is 12.5. The molecule has 8 heteroatoms. The summed E-state index contributed by atoms with van der Waals surface area (Å²) in [6, 6.07) is 5.63. The first-order valence-electron chi connectivity index (χ1n) is 6.32. The molecule has 1 N–H and O–H groups in total. The Morgan fingerprint density at radius 1 is 1.38 bits per heavy atom. The summed E-state index contributed by atoms with van der Waals surface area (Å²) in [6.45, 7) is 1.48. The average molecular weight is 312 g/mol. The van der Waals surface area contributed by atoms with Crippen LogP contribution in [-0.4, -0.2) is 50.8 Å². The van der Waals surface area contributed by atoms with Gasteiger partial charge in [-0.1, -0.05) is 12.1 Å². The van der Waals surface area contributed by atoms with E-state index in [0.717, 1.165) is 0 Å². The van der Waals surface area contributed by atoms with Crippen molar-refractivity contribution in [3.63, 3.8) is 0 Å². The first-order chi connectivity index (χ1) is 9.87. The van der Waals surface area contributed by atoms with E-state index >= 15 is 0 Å². The summed E-state index contributed by atoms with van der Waals surface area (Å²) in [5.74, 6) is -1.23. The molecule has 1 aromatic rings. The number of sulfonamides is 1. The van der Waals surface area contributed by atoms with Crippen molar-refractivity contribution in [2.24, 2.45) is 0 Å². The lowest BCUT2D eigenvalue weighted by molar-refractivity contribution is -0.121. The van der Waals surface area contributed by atoms with Gasteiger partial charge in [0.1, 0.15) is 11.4 Å². The molecule has 1 aliphatic heterocycles. The highest BCUT2D eigenvalue weighted by Gasteiger charge is 2.41. The summed E-state index contributed by atoms with van der Waals surface area (Å²) in [5.41, 5.74) is 0.0928. The summed E-state index contributed by atoms with van der Waals surface area (Å²) in [4.78, 5) is 23.9. The van der Waals surface area contributed by atoms with Crippen molar-refractivity contribution in [3.05, 3.63) is 29.8 Å². The van der Waals surface area contributed by atoms with E-state index in [2.05, 4.69) is 5.32 Å². The van der Waals surface area contributed by atoms with Gasteiger partial charge in [0.25, 0.3) is 15.9 Å². The summed E-state index contributed by atoms with van der Waals surface area (Å²) in [5, 5.41) is 2.57. The molecule has 0 bridgehead atoms. The van der Waals surface area contributed by atoms with Crippen molar-refractivity contribution in [2.45, 2.75) is 17.9 Å². The molecule has 0 saturated heterocycles. The lowest BCUT2D eigenvalue weighted by Gasteiger charge is -2.17. The topological polar surface area (TPSA) is 92.8 Å². The van der Waals surface area contributed by atoms with E-state index < -0.39 is 28.4 Å². The lowest BCUT2D eigenvalue weighted by atomic mass is 10.2. The Hall–Kier alpha value is -1.93. The van der Waals surface area contributed by atoms with Crippen LogP contribution in [0, 0.1) is 0 Å². The van der Waals surface area contributed by atoms with E-state index in [0.29, 0.717) is 10.9 Å². The van der Waals surface area contributed by atoms with E-state index in [9.17, 15) is 18.0 Å². The van der Waals surface area contributed by atoms with Crippen molar-refractivity contribution < 1.29 is 22.7 Å². The fourth-order valence-corrected chi connectivity index (χ4v) is 3.65. The Kier molecular flexibility index (Phi) is 4.29. The van der Waals surface area contributed by atoms with Crippen LogP contribution in [-0.2, 0) is 19.6 Å². The molecule has 0 fully saturated rings. The number of nitrogens with one attached hydrogen (secondary N) is 1. The highest BCUT2D eigenvalue weighted by Crippen LogP contribution is 2.29.